The monoisotopic (exact) mass is 389 g/mol. The van der Waals surface area contributed by atoms with Crippen molar-refractivity contribution in [3.05, 3.63) is 42.1 Å². The van der Waals surface area contributed by atoms with Gasteiger partial charge < -0.3 is 9.84 Å². The van der Waals surface area contributed by atoms with E-state index in [0.29, 0.717) is 19.0 Å². The van der Waals surface area contributed by atoms with Gasteiger partial charge in [0.1, 0.15) is 10.6 Å². The van der Waals surface area contributed by atoms with E-state index >= 15 is 0 Å². The van der Waals surface area contributed by atoms with Gasteiger partial charge in [0.2, 0.25) is 0 Å². The van der Waals surface area contributed by atoms with E-state index in [0.717, 1.165) is 12.3 Å². The first-order valence-corrected chi connectivity index (χ1v) is 9.64. The van der Waals surface area contributed by atoms with Crippen LogP contribution in [0.15, 0.2) is 41.4 Å². The fraction of sp³-hybridized carbons (Fsp3) is 0.353. The average Bonchev–Trinajstić information content (AvgIpc) is 2.57. The summed E-state index contributed by atoms with van der Waals surface area (Å²) in [6.45, 7) is 0.130. The molecule has 1 heterocycles. The van der Waals surface area contributed by atoms with Crippen LogP contribution in [0.3, 0.4) is 0 Å². The highest BCUT2D eigenvalue weighted by Gasteiger charge is 2.31. The molecule has 0 atom stereocenters. The van der Waals surface area contributed by atoms with Crippen molar-refractivity contribution in [3.8, 4) is 17.0 Å². The molecule has 142 valence electrons. The Morgan fingerprint density at radius 1 is 1.15 bits per heavy atom. The van der Waals surface area contributed by atoms with Crippen LogP contribution in [-0.2, 0) is 16.0 Å². The quantitative estimate of drug-likeness (QED) is 0.735. The van der Waals surface area contributed by atoms with Gasteiger partial charge in [-0.2, -0.15) is 13.2 Å². The topological polar surface area (TPSA) is 76.5 Å². The molecule has 2 rings (SSSR count). The number of nitrogens with zero attached hydrogens (tertiary/aromatic N) is 1. The second kappa shape index (κ2) is 8.05. The van der Waals surface area contributed by atoms with Crippen molar-refractivity contribution in [2.24, 2.45) is 0 Å². The van der Waals surface area contributed by atoms with Crippen LogP contribution in [0.1, 0.15) is 18.4 Å². The Labute approximate surface area is 149 Å². The minimum atomic E-state index is -4.51. The van der Waals surface area contributed by atoms with Crippen molar-refractivity contribution < 1.29 is 31.4 Å². The number of aliphatic hydroxyl groups excluding tert-OH is 1. The van der Waals surface area contributed by atoms with Crippen LogP contribution in [0, 0.1) is 0 Å². The Balaban J connectivity index is 2.47. The summed E-state index contributed by atoms with van der Waals surface area (Å²) in [6.07, 6.45) is -1.82. The van der Waals surface area contributed by atoms with E-state index in [-0.39, 0.29) is 35.1 Å². The van der Waals surface area contributed by atoms with Crippen molar-refractivity contribution in [2.45, 2.75) is 23.9 Å². The molecule has 0 unspecified atom stereocenters. The average molecular weight is 389 g/mol. The van der Waals surface area contributed by atoms with Gasteiger partial charge in [0.05, 0.1) is 17.9 Å². The first-order valence-electron chi connectivity index (χ1n) is 7.75. The number of rotatable bonds is 7. The van der Waals surface area contributed by atoms with Gasteiger partial charge in [0.15, 0.2) is 9.84 Å². The summed E-state index contributed by atoms with van der Waals surface area (Å²) in [5, 5.41) is 8.82. The number of aliphatic hydroxyl groups is 1. The summed E-state index contributed by atoms with van der Waals surface area (Å²) in [4.78, 5) is 3.74. The number of aromatic nitrogens is 1. The summed E-state index contributed by atoms with van der Waals surface area (Å²) in [5.74, 6) is 0.0419. The Bertz CT molecular complexity index is 849. The molecule has 26 heavy (non-hydrogen) atoms. The number of sulfone groups is 1. The molecule has 2 aromatic rings. The zero-order chi connectivity index (χ0) is 19.4. The van der Waals surface area contributed by atoms with Crippen molar-refractivity contribution in [1.82, 2.24) is 4.98 Å². The molecule has 0 bridgehead atoms. The Kier molecular flexibility index (Phi) is 6.25. The van der Waals surface area contributed by atoms with E-state index in [2.05, 4.69) is 4.98 Å². The van der Waals surface area contributed by atoms with Crippen LogP contribution < -0.4 is 4.74 Å². The van der Waals surface area contributed by atoms with E-state index in [1.165, 1.54) is 24.3 Å². The highest BCUT2D eigenvalue weighted by molar-refractivity contribution is 7.90. The van der Waals surface area contributed by atoms with Gasteiger partial charge in [0.25, 0.3) is 0 Å². The standard InChI is InChI=1S/C17H18F3NO4S/c1-26(23,24)15-6-4-5-13(16(15)25-10-3-2-9-22)14-8-7-12(11-21-14)17(18,19)20/h4-8,11,22H,2-3,9-10H2,1H3. The molecule has 0 aliphatic carbocycles. The van der Waals surface area contributed by atoms with E-state index in [9.17, 15) is 21.6 Å². The third-order valence-electron chi connectivity index (χ3n) is 3.54. The molecule has 0 spiro atoms. The van der Waals surface area contributed by atoms with Crippen LogP contribution in [0.25, 0.3) is 11.3 Å². The first-order chi connectivity index (χ1) is 12.1. The highest BCUT2D eigenvalue weighted by Crippen LogP contribution is 2.36. The second-order valence-electron chi connectivity index (χ2n) is 5.61. The van der Waals surface area contributed by atoms with Crippen LogP contribution in [0.4, 0.5) is 13.2 Å². The minimum absolute atomic E-state index is 0.0234. The number of halogens is 3. The highest BCUT2D eigenvalue weighted by atomic mass is 32.2. The van der Waals surface area contributed by atoms with Gasteiger partial charge in [0, 0.05) is 24.6 Å². The van der Waals surface area contributed by atoms with Crippen molar-refractivity contribution in [3.63, 3.8) is 0 Å². The molecule has 0 aliphatic rings. The lowest BCUT2D eigenvalue weighted by atomic mass is 10.1. The molecule has 0 radical (unpaired) electrons. The molecule has 5 nitrogen and oxygen atoms in total. The predicted molar refractivity (Wildman–Crippen MR) is 89.6 cm³/mol. The van der Waals surface area contributed by atoms with Gasteiger partial charge in [-0.3, -0.25) is 4.98 Å². The lowest BCUT2D eigenvalue weighted by molar-refractivity contribution is -0.137. The van der Waals surface area contributed by atoms with Gasteiger partial charge >= 0.3 is 6.18 Å². The summed E-state index contributed by atoms with van der Waals surface area (Å²) in [5.41, 5.74) is -0.447. The smallest absolute Gasteiger partial charge is 0.417 e. The van der Waals surface area contributed by atoms with Crippen LogP contribution in [0.2, 0.25) is 0 Å². The summed E-state index contributed by atoms with van der Waals surface area (Å²) in [7, 11) is -3.62. The predicted octanol–water partition coefficient (Wildman–Crippen LogP) is 3.32. The molecular formula is C17H18F3NO4S. The van der Waals surface area contributed by atoms with Gasteiger partial charge in [-0.1, -0.05) is 6.07 Å². The zero-order valence-electron chi connectivity index (χ0n) is 14.0. The number of benzene rings is 1. The molecule has 1 N–H and O–H groups in total. The maximum Gasteiger partial charge on any atom is 0.417 e. The normalized spacial score (nSPS) is 12.2. The number of unbranched alkanes of at least 4 members (excludes halogenated alkanes) is 1. The number of hydrogen-bond acceptors (Lipinski definition) is 5. The maximum absolute atomic E-state index is 12.7. The van der Waals surface area contributed by atoms with E-state index < -0.39 is 21.6 Å². The van der Waals surface area contributed by atoms with E-state index in [1.54, 1.807) is 0 Å². The fourth-order valence-electron chi connectivity index (χ4n) is 2.27. The fourth-order valence-corrected chi connectivity index (χ4v) is 3.10. The third kappa shape index (κ3) is 4.95. The van der Waals surface area contributed by atoms with Gasteiger partial charge in [-0.15, -0.1) is 0 Å². The number of alkyl halides is 3. The lowest BCUT2D eigenvalue weighted by Crippen LogP contribution is -2.07. The Morgan fingerprint density at radius 2 is 1.88 bits per heavy atom. The molecular weight excluding hydrogens is 371 g/mol. The first kappa shape index (κ1) is 20.2. The summed E-state index contributed by atoms with van der Waals surface area (Å²) in [6, 6.07) is 6.43. The van der Waals surface area contributed by atoms with Crippen LogP contribution in [0.5, 0.6) is 5.75 Å². The number of hydrogen-bond donors (Lipinski definition) is 1. The summed E-state index contributed by atoms with van der Waals surface area (Å²) >= 11 is 0. The molecule has 0 amide bonds. The maximum atomic E-state index is 12.7. The van der Waals surface area contributed by atoms with E-state index in [4.69, 9.17) is 9.84 Å². The van der Waals surface area contributed by atoms with Gasteiger partial charge in [-0.05, 0) is 37.1 Å². The molecule has 0 aliphatic heterocycles. The largest absolute Gasteiger partial charge is 0.492 e. The molecule has 9 heteroatoms. The number of para-hydroxylation sites is 1. The lowest BCUT2D eigenvalue weighted by Gasteiger charge is -2.15. The van der Waals surface area contributed by atoms with E-state index in [1.807, 2.05) is 0 Å². The molecule has 0 saturated carbocycles. The molecule has 0 fully saturated rings. The van der Waals surface area contributed by atoms with Gasteiger partial charge in [-0.25, -0.2) is 8.42 Å². The minimum Gasteiger partial charge on any atom is -0.492 e. The number of pyridine rings is 1. The van der Waals surface area contributed by atoms with Crippen molar-refractivity contribution in [1.29, 1.82) is 0 Å². The van der Waals surface area contributed by atoms with Crippen molar-refractivity contribution >= 4 is 9.84 Å². The second-order valence-corrected chi connectivity index (χ2v) is 7.60. The molecule has 1 aromatic carbocycles. The van der Waals surface area contributed by atoms with Crippen LogP contribution in [-0.4, -0.2) is 38.0 Å². The third-order valence-corrected chi connectivity index (χ3v) is 4.66. The number of ether oxygens (including phenoxy) is 1. The van der Waals surface area contributed by atoms with Crippen molar-refractivity contribution in [2.75, 3.05) is 19.5 Å². The molecule has 1 aromatic heterocycles. The Hall–Kier alpha value is -2.13. The Morgan fingerprint density at radius 3 is 2.42 bits per heavy atom. The SMILES string of the molecule is CS(=O)(=O)c1cccc(-c2ccc(C(F)(F)F)cn2)c1OCCCCO. The summed E-state index contributed by atoms with van der Waals surface area (Å²) < 4.78 is 67.7. The molecule has 0 saturated heterocycles. The van der Waals surface area contributed by atoms with Crippen LogP contribution >= 0.6 is 0 Å². The zero-order valence-corrected chi connectivity index (χ0v) is 14.8.